The molecule has 2 heterocycles. The monoisotopic (exact) mass is 449 g/mol. The lowest BCUT2D eigenvalue weighted by Gasteiger charge is -2.27. The number of morpholine rings is 1. The lowest BCUT2D eigenvalue weighted by atomic mass is 10.0. The van der Waals surface area contributed by atoms with E-state index in [1.54, 1.807) is 0 Å². The Morgan fingerprint density at radius 3 is 2.52 bits per heavy atom. The Hall–Kier alpha value is -3.16. The molecule has 2 aromatic rings. The zero-order valence-corrected chi connectivity index (χ0v) is 19.1. The normalized spacial score (nSPS) is 17.1. The lowest BCUT2D eigenvalue weighted by Crippen LogP contribution is -2.39. The molecule has 0 spiro atoms. The van der Waals surface area contributed by atoms with Crippen molar-refractivity contribution in [2.75, 3.05) is 51.3 Å². The molecular formula is C26H31N3O4. The quantitative estimate of drug-likeness (QED) is 0.561. The topological polar surface area (TPSA) is 71.1 Å². The Kier molecular flexibility index (Phi) is 7.75. The molecule has 7 heteroatoms. The van der Waals surface area contributed by atoms with Crippen LogP contribution in [0.2, 0.25) is 0 Å². The molecule has 2 aliphatic rings. The molecule has 0 unspecified atom stereocenters. The first-order chi connectivity index (χ1) is 16.2. The van der Waals surface area contributed by atoms with Crippen molar-refractivity contribution in [3.8, 4) is 5.75 Å². The molecule has 0 bridgehead atoms. The Bertz CT molecular complexity index is 1000. The van der Waals surface area contributed by atoms with Gasteiger partial charge in [0.25, 0.3) is 11.8 Å². The summed E-state index contributed by atoms with van der Waals surface area (Å²) in [5.74, 6) is 0.178. The molecule has 2 amide bonds. The van der Waals surface area contributed by atoms with E-state index < -0.39 is 0 Å². The van der Waals surface area contributed by atoms with Gasteiger partial charge in [-0.15, -0.1) is 0 Å². The Morgan fingerprint density at radius 1 is 0.970 bits per heavy atom. The van der Waals surface area contributed by atoms with Gasteiger partial charge in [-0.1, -0.05) is 43.3 Å². The number of carbonyl (C=O) groups excluding carboxylic acids is 2. The van der Waals surface area contributed by atoms with E-state index in [0.29, 0.717) is 30.1 Å². The molecular weight excluding hydrogens is 418 g/mol. The number of carbonyl (C=O) groups is 2. The van der Waals surface area contributed by atoms with Crippen LogP contribution in [0.1, 0.15) is 25.3 Å². The highest BCUT2D eigenvalue weighted by Gasteiger charge is 2.38. The first-order valence-corrected chi connectivity index (χ1v) is 11.6. The highest BCUT2D eigenvalue weighted by molar-refractivity contribution is 6.36. The third-order valence-electron chi connectivity index (χ3n) is 5.77. The van der Waals surface area contributed by atoms with Gasteiger partial charge in [-0.05, 0) is 30.5 Å². The standard InChI is InChI=1S/C26H31N3O4/c1-2-16-33-22-11-6-10-21(19-22)27-24-23(20-8-4-3-5-9-20)25(30)29(26(24)31)13-7-12-28-14-17-32-18-15-28/h3-6,8-11,19,27H,2,7,12-18H2,1H3. The van der Waals surface area contributed by atoms with E-state index in [0.717, 1.165) is 57.0 Å². The summed E-state index contributed by atoms with van der Waals surface area (Å²) >= 11 is 0. The van der Waals surface area contributed by atoms with E-state index in [9.17, 15) is 9.59 Å². The second kappa shape index (κ2) is 11.1. The summed E-state index contributed by atoms with van der Waals surface area (Å²) in [6, 6.07) is 16.8. The zero-order chi connectivity index (χ0) is 23.0. The van der Waals surface area contributed by atoms with Crippen LogP contribution in [0.5, 0.6) is 5.75 Å². The summed E-state index contributed by atoms with van der Waals surface area (Å²) in [6.45, 7) is 7.13. The van der Waals surface area contributed by atoms with Gasteiger partial charge in [0.2, 0.25) is 0 Å². The average Bonchev–Trinajstić information content (AvgIpc) is 3.08. The van der Waals surface area contributed by atoms with Gasteiger partial charge in [0, 0.05) is 37.9 Å². The second-order valence-corrected chi connectivity index (χ2v) is 8.19. The minimum Gasteiger partial charge on any atom is -0.494 e. The SMILES string of the molecule is CCCOc1cccc(NC2=C(c3ccccc3)C(=O)N(CCCN3CCOCC3)C2=O)c1. The van der Waals surface area contributed by atoms with Gasteiger partial charge in [0.05, 0.1) is 25.4 Å². The molecule has 0 radical (unpaired) electrons. The van der Waals surface area contributed by atoms with Crippen molar-refractivity contribution in [1.29, 1.82) is 0 Å². The number of anilines is 1. The number of rotatable bonds is 10. The number of hydrogen-bond donors (Lipinski definition) is 1. The summed E-state index contributed by atoms with van der Waals surface area (Å²) in [6.07, 6.45) is 1.64. The molecule has 0 saturated carbocycles. The first-order valence-electron chi connectivity index (χ1n) is 11.6. The van der Waals surface area contributed by atoms with Gasteiger partial charge >= 0.3 is 0 Å². The van der Waals surface area contributed by atoms with E-state index in [4.69, 9.17) is 9.47 Å². The summed E-state index contributed by atoms with van der Waals surface area (Å²) in [7, 11) is 0. The molecule has 2 aliphatic heterocycles. The van der Waals surface area contributed by atoms with Crippen LogP contribution in [0, 0.1) is 0 Å². The molecule has 0 atom stereocenters. The molecule has 4 rings (SSSR count). The summed E-state index contributed by atoms with van der Waals surface area (Å²) < 4.78 is 11.1. The summed E-state index contributed by atoms with van der Waals surface area (Å²) in [5.41, 5.74) is 2.16. The van der Waals surface area contributed by atoms with E-state index in [1.807, 2.05) is 54.6 Å². The van der Waals surface area contributed by atoms with Gasteiger partial charge in [-0.2, -0.15) is 0 Å². The number of hydrogen-bond acceptors (Lipinski definition) is 6. The fourth-order valence-electron chi connectivity index (χ4n) is 4.07. The fraction of sp³-hybridized carbons (Fsp3) is 0.385. The van der Waals surface area contributed by atoms with Crippen LogP contribution in [0.25, 0.3) is 5.57 Å². The van der Waals surface area contributed by atoms with E-state index >= 15 is 0 Å². The second-order valence-electron chi connectivity index (χ2n) is 8.19. The van der Waals surface area contributed by atoms with Crippen LogP contribution in [0.4, 0.5) is 5.69 Å². The highest BCUT2D eigenvalue weighted by atomic mass is 16.5. The first kappa shape index (κ1) is 23.0. The molecule has 2 aromatic carbocycles. The minimum atomic E-state index is -0.291. The zero-order valence-electron chi connectivity index (χ0n) is 19.1. The number of ether oxygens (including phenoxy) is 2. The molecule has 33 heavy (non-hydrogen) atoms. The van der Waals surface area contributed by atoms with Crippen molar-refractivity contribution in [2.24, 2.45) is 0 Å². The predicted octanol–water partition coefficient (Wildman–Crippen LogP) is 3.39. The van der Waals surface area contributed by atoms with Crippen LogP contribution < -0.4 is 10.1 Å². The Balaban J connectivity index is 1.53. The number of amides is 2. The Labute approximate surface area is 195 Å². The summed E-state index contributed by atoms with van der Waals surface area (Å²) in [4.78, 5) is 30.4. The lowest BCUT2D eigenvalue weighted by molar-refractivity contribution is -0.136. The van der Waals surface area contributed by atoms with Crippen LogP contribution in [-0.4, -0.2) is 67.6 Å². The number of imide groups is 1. The fourth-order valence-corrected chi connectivity index (χ4v) is 4.07. The summed E-state index contributed by atoms with van der Waals surface area (Å²) in [5, 5.41) is 3.22. The van der Waals surface area contributed by atoms with Crippen LogP contribution in [-0.2, 0) is 14.3 Å². The maximum Gasteiger partial charge on any atom is 0.278 e. The molecule has 174 valence electrons. The molecule has 7 nitrogen and oxygen atoms in total. The number of nitrogens with one attached hydrogen (secondary N) is 1. The van der Waals surface area contributed by atoms with Gasteiger partial charge in [0.1, 0.15) is 11.4 Å². The van der Waals surface area contributed by atoms with Gasteiger partial charge in [0.15, 0.2) is 0 Å². The van der Waals surface area contributed by atoms with Crippen molar-refractivity contribution < 1.29 is 19.1 Å². The minimum absolute atomic E-state index is 0.255. The highest BCUT2D eigenvalue weighted by Crippen LogP contribution is 2.31. The molecule has 1 saturated heterocycles. The van der Waals surface area contributed by atoms with Gasteiger partial charge in [-0.3, -0.25) is 19.4 Å². The number of benzene rings is 2. The van der Waals surface area contributed by atoms with Crippen LogP contribution in [0.3, 0.4) is 0 Å². The van der Waals surface area contributed by atoms with Crippen LogP contribution >= 0.6 is 0 Å². The largest absolute Gasteiger partial charge is 0.494 e. The third kappa shape index (κ3) is 5.61. The third-order valence-corrected chi connectivity index (χ3v) is 5.77. The average molecular weight is 450 g/mol. The van der Waals surface area contributed by atoms with Crippen molar-refractivity contribution >= 4 is 23.1 Å². The van der Waals surface area contributed by atoms with Crippen molar-refractivity contribution in [2.45, 2.75) is 19.8 Å². The van der Waals surface area contributed by atoms with E-state index in [-0.39, 0.29) is 11.8 Å². The predicted molar refractivity (Wildman–Crippen MR) is 128 cm³/mol. The molecule has 1 fully saturated rings. The smallest absolute Gasteiger partial charge is 0.278 e. The number of nitrogens with zero attached hydrogens (tertiary/aromatic N) is 2. The Morgan fingerprint density at radius 2 is 1.76 bits per heavy atom. The van der Waals surface area contributed by atoms with E-state index in [1.165, 1.54) is 4.90 Å². The van der Waals surface area contributed by atoms with Gasteiger partial charge in [-0.25, -0.2) is 0 Å². The van der Waals surface area contributed by atoms with Crippen molar-refractivity contribution in [3.63, 3.8) is 0 Å². The van der Waals surface area contributed by atoms with E-state index in [2.05, 4.69) is 17.1 Å². The van der Waals surface area contributed by atoms with Crippen molar-refractivity contribution in [3.05, 3.63) is 65.9 Å². The maximum atomic E-state index is 13.4. The molecule has 0 aromatic heterocycles. The van der Waals surface area contributed by atoms with Crippen LogP contribution in [0.15, 0.2) is 60.3 Å². The van der Waals surface area contributed by atoms with Crippen molar-refractivity contribution in [1.82, 2.24) is 9.80 Å². The van der Waals surface area contributed by atoms with Gasteiger partial charge < -0.3 is 14.8 Å². The molecule has 0 aliphatic carbocycles. The maximum absolute atomic E-state index is 13.4. The molecule has 1 N–H and O–H groups in total.